The lowest BCUT2D eigenvalue weighted by Crippen LogP contribution is -2.46. The number of hydrogen-bond acceptors (Lipinski definition) is 5. The van der Waals surface area contributed by atoms with Gasteiger partial charge in [0.25, 0.3) is 0 Å². The molecular formula is C46H96N2O6P+. The Kier molecular flexibility index (Phi) is 38.6. The molecule has 0 saturated heterocycles. The second-order valence-corrected chi connectivity index (χ2v) is 19.3. The Morgan fingerprint density at radius 3 is 1.22 bits per heavy atom. The first-order chi connectivity index (χ1) is 26.5. The molecule has 0 aromatic heterocycles. The van der Waals surface area contributed by atoms with Gasteiger partial charge in [-0.1, -0.05) is 219 Å². The monoisotopic (exact) mass is 804 g/mol. The smallest absolute Gasteiger partial charge is 0.391 e. The molecule has 9 heteroatoms. The number of hydrogen-bond donors (Lipinski definition) is 3. The van der Waals surface area contributed by atoms with Crippen molar-refractivity contribution in [3.63, 3.8) is 0 Å². The lowest BCUT2D eigenvalue weighted by molar-refractivity contribution is -0.870. The highest BCUT2D eigenvalue weighted by Gasteiger charge is 2.28. The van der Waals surface area contributed by atoms with Gasteiger partial charge in [0.15, 0.2) is 0 Å². The van der Waals surface area contributed by atoms with Gasteiger partial charge in [-0.15, -0.1) is 0 Å². The fourth-order valence-electron chi connectivity index (χ4n) is 7.28. The van der Waals surface area contributed by atoms with E-state index in [9.17, 15) is 19.4 Å². The molecule has 55 heavy (non-hydrogen) atoms. The van der Waals surface area contributed by atoms with E-state index in [0.29, 0.717) is 23.9 Å². The molecule has 0 aliphatic carbocycles. The van der Waals surface area contributed by atoms with Gasteiger partial charge in [0, 0.05) is 6.42 Å². The van der Waals surface area contributed by atoms with Crippen molar-refractivity contribution in [1.29, 1.82) is 0 Å². The Morgan fingerprint density at radius 2 is 0.873 bits per heavy atom. The molecule has 0 saturated carbocycles. The fourth-order valence-corrected chi connectivity index (χ4v) is 8.02. The van der Waals surface area contributed by atoms with Crippen LogP contribution in [0.1, 0.15) is 239 Å². The summed E-state index contributed by atoms with van der Waals surface area (Å²) in [6.45, 7) is 4.90. The number of likely N-dealkylation sites (N-methyl/N-ethyl adjacent to an activating group) is 1. The summed E-state index contributed by atoms with van der Waals surface area (Å²) in [4.78, 5) is 23.1. The maximum absolute atomic E-state index is 12.8. The van der Waals surface area contributed by atoms with Gasteiger partial charge in [-0.3, -0.25) is 13.8 Å². The Hall–Kier alpha value is -0.500. The topological polar surface area (TPSA) is 105 Å². The number of phosphoric ester groups is 1. The molecule has 0 aliphatic rings. The van der Waals surface area contributed by atoms with Crippen molar-refractivity contribution < 1.29 is 32.9 Å². The summed E-state index contributed by atoms with van der Waals surface area (Å²) in [7, 11) is 1.63. The van der Waals surface area contributed by atoms with E-state index < -0.39 is 20.0 Å². The second kappa shape index (κ2) is 39.0. The Balaban J connectivity index is 4.15. The minimum atomic E-state index is -4.30. The van der Waals surface area contributed by atoms with Gasteiger partial charge in [-0.25, -0.2) is 4.57 Å². The summed E-state index contributed by atoms with van der Waals surface area (Å²) in [5.74, 6) is -0.143. The third kappa shape index (κ3) is 41.5. The van der Waals surface area contributed by atoms with Crippen molar-refractivity contribution >= 4 is 13.7 Å². The van der Waals surface area contributed by atoms with E-state index in [1.165, 1.54) is 173 Å². The minimum absolute atomic E-state index is 0.0785. The molecule has 0 fully saturated rings. The summed E-state index contributed by atoms with van der Waals surface area (Å²) in [6, 6.07) is -0.752. The molecule has 0 heterocycles. The van der Waals surface area contributed by atoms with Crippen molar-refractivity contribution in [2.45, 2.75) is 251 Å². The highest BCUT2D eigenvalue weighted by Crippen LogP contribution is 2.43. The average Bonchev–Trinajstić information content (AvgIpc) is 3.13. The number of aliphatic hydroxyl groups excluding tert-OH is 1. The predicted molar refractivity (Wildman–Crippen MR) is 236 cm³/mol. The number of carbonyl (C=O) groups excluding carboxylic acids is 1. The summed E-state index contributed by atoms with van der Waals surface area (Å²) >= 11 is 0. The van der Waals surface area contributed by atoms with Crippen molar-refractivity contribution in [1.82, 2.24) is 5.32 Å². The van der Waals surface area contributed by atoms with Crippen LogP contribution in [0.5, 0.6) is 0 Å². The van der Waals surface area contributed by atoms with Gasteiger partial charge in [-0.2, -0.15) is 0 Å². The molecule has 0 bridgehead atoms. The molecule has 1 amide bonds. The maximum atomic E-state index is 12.8. The van der Waals surface area contributed by atoms with E-state index in [-0.39, 0.29) is 19.1 Å². The summed E-state index contributed by atoms with van der Waals surface area (Å²) < 4.78 is 23.6. The third-order valence-corrected chi connectivity index (χ3v) is 12.1. The predicted octanol–water partition coefficient (Wildman–Crippen LogP) is 13.4. The zero-order chi connectivity index (χ0) is 40.7. The Morgan fingerprint density at radius 1 is 0.545 bits per heavy atom. The number of amides is 1. The van der Waals surface area contributed by atoms with Crippen LogP contribution in [0.15, 0.2) is 0 Å². The van der Waals surface area contributed by atoms with Gasteiger partial charge in [0.2, 0.25) is 5.91 Å². The van der Waals surface area contributed by atoms with E-state index in [1.54, 1.807) is 0 Å². The zero-order valence-electron chi connectivity index (χ0n) is 37.4. The number of phosphoric acid groups is 1. The number of rotatable bonds is 44. The van der Waals surface area contributed by atoms with Gasteiger partial charge in [-0.05, 0) is 12.8 Å². The lowest BCUT2D eigenvalue weighted by Gasteiger charge is -2.26. The molecule has 3 atom stereocenters. The summed E-state index contributed by atoms with van der Waals surface area (Å²) in [6.07, 6.45) is 42.8. The first-order valence-electron chi connectivity index (χ1n) is 23.9. The van der Waals surface area contributed by atoms with E-state index in [0.717, 1.165) is 38.5 Å². The normalized spacial score (nSPS) is 14.2. The molecular weight excluding hydrogens is 707 g/mol. The quantitative estimate of drug-likeness (QED) is 0.0322. The number of nitrogens with zero attached hydrogens (tertiary/aromatic N) is 1. The van der Waals surface area contributed by atoms with Crippen LogP contribution in [0.4, 0.5) is 0 Å². The molecule has 8 nitrogen and oxygen atoms in total. The first kappa shape index (κ1) is 54.5. The third-order valence-electron chi connectivity index (χ3n) is 11.1. The van der Waals surface area contributed by atoms with Crippen LogP contribution in [-0.4, -0.2) is 73.4 Å². The van der Waals surface area contributed by atoms with E-state index >= 15 is 0 Å². The molecule has 0 aromatic rings. The molecule has 0 spiro atoms. The van der Waals surface area contributed by atoms with Crippen LogP contribution < -0.4 is 5.32 Å². The fraction of sp³-hybridized carbons (Fsp3) is 0.978. The van der Waals surface area contributed by atoms with Crippen molar-refractivity contribution in [3.05, 3.63) is 0 Å². The van der Waals surface area contributed by atoms with Gasteiger partial charge >= 0.3 is 7.82 Å². The SMILES string of the molecule is CCCCCCCCCCCCCCCCCCCCCCCCCC(O)C(COP(=O)(O)OCC[N+](C)(C)C)NC(=O)CCCCCCCCCCCC. The lowest BCUT2D eigenvalue weighted by atomic mass is 10.0. The van der Waals surface area contributed by atoms with E-state index in [1.807, 2.05) is 21.1 Å². The molecule has 330 valence electrons. The van der Waals surface area contributed by atoms with E-state index in [4.69, 9.17) is 9.05 Å². The van der Waals surface area contributed by atoms with Crippen LogP contribution in [0.3, 0.4) is 0 Å². The highest BCUT2D eigenvalue weighted by atomic mass is 31.2. The number of aliphatic hydroxyl groups is 1. The highest BCUT2D eigenvalue weighted by molar-refractivity contribution is 7.47. The summed E-state index contributed by atoms with van der Waals surface area (Å²) in [5.41, 5.74) is 0. The van der Waals surface area contributed by atoms with Crippen molar-refractivity contribution in [2.24, 2.45) is 0 Å². The number of unbranched alkanes of at least 4 members (excludes halogenated alkanes) is 31. The average molecular weight is 804 g/mol. The zero-order valence-corrected chi connectivity index (χ0v) is 38.3. The van der Waals surface area contributed by atoms with E-state index in [2.05, 4.69) is 19.2 Å². The van der Waals surface area contributed by atoms with Crippen molar-refractivity contribution in [2.75, 3.05) is 40.9 Å². The largest absolute Gasteiger partial charge is 0.472 e. The molecule has 3 N–H and O–H groups in total. The van der Waals surface area contributed by atoms with Crippen LogP contribution in [0, 0.1) is 0 Å². The number of quaternary nitrogens is 1. The molecule has 0 aliphatic heterocycles. The van der Waals surface area contributed by atoms with Gasteiger partial charge in [0.1, 0.15) is 13.2 Å². The van der Waals surface area contributed by atoms with Gasteiger partial charge < -0.3 is 19.8 Å². The summed E-state index contributed by atoms with van der Waals surface area (Å²) in [5, 5.41) is 14.0. The number of nitrogens with one attached hydrogen (secondary N) is 1. The van der Waals surface area contributed by atoms with Crippen LogP contribution >= 0.6 is 7.82 Å². The first-order valence-corrected chi connectivity index (χ1v) is 25.4. The Bertz CT molecular complexity index is 870. The van der Waals surface area contributed by atoms with Crippen LogP contribution in [0.25, 0.3) is 0 Å². The Labute approximate surface area is 342 Å². The maximum Gasteiger partial charge on any atom is 0.472 e. The van der Waals surface area contributed by atoms with Gasteiger partial charge in [0.05, 0.1) is 39.9 Å². The minimum Gasteiger partial charge on any atom is -0.391 e. The molecule has 3 unspecified atom stereocenters. The molecule has 0 radical (unpaired) electrons. The standard InChI is InChI=1S/C46H95N2O6P/c1-6-8-10-12-14-16-18-19-20-21-22-23-24-25-26-27-28-29-30-31-33-35-37-39-45(49)44(43-54-55(51,52)53-42-41-48(3,4)5)47-46(50)40-38-36-34-32-17-15-13-11-9-7-2/h44-45,49H,6-43H2,1-5H3,(H-,47,50,51,52)/p+1. The van der Waals surface area contributed by atoms with Crippen LogP contribution in [0.2, 0.25) is 0 Å². The molecule has 0 aromatic carbocycles. The number of carbonyl (C=O) groups is 1. The van der Waals surface area contributed by atoms with Crippen molar-refractivity contribution in [3.8, 4) is 0 Å². The molecule has 0 rings (SSSR count). The second-order valence-electron chi connectivity index (χ2n) is 17.9. The van der Waals surface area contributed by atoms with Crippen LogP contribution in [-0.2, 0) is 18.4 Å².